The number of amides is 1. The molecule has 2 rings (SSSR count). The zero-order chi connectivity index (χ0) is 17.0. The van der Waals surface area contributed by atoms with Crippen LogP contribution in [0.5, 0.6) is 0 Å². The Morgan fingerprint density at radius 3 is 2.52 bits per heavy atom. The molecule has 0 spiro atoms. The van der Waals surface area contributed by atoms with Crippen molar-refractivity contribution in [2.75, 3.05) is 4.90 Å². The summed E-state index contributed by atoms with van der Waals surface area (Å²) in [4.78, 5) is 18.7. The molecule has 0 radical (unpaired) electrons. The number of rotatable bonds is 3. The van der Waals surface area contributed by atoms with Gasteiger partial charge in [0, 0.05) is 11.9 Å². The Balaban J connectivity index is 2.35. The van der Waals surface area contributed by atoms with Crippen LogP contribution in [0.1, 0.15) is 37.6 Å². The van der Waals surface area contributed by atoms with Crippen LogP contribution in [0.4, 0.5) is 10.5 Å². The number of pyridine rings is 1. The summed E-state index contributed by atoms with van der Waals surface area (Å²) in [5, 5.41) is 0. The van der Waals surface area contributed by atoms with Crippen molar-refractivity contribution in [1.29, 1.82) is 0 Å². The molecule has 4 nitrogen and oxygen atoms in total. The fourth-order valence-electron chi connectivity index (χ4n) is 2.21. The van der Waals surface area contributed by atoms with E-state index >= 15 is 0 Å². The molecule has 4 heteroatoms. The van der Waals surface area contributed by atoms with Crippen molar-refractivity contribution in [3.63, 3.8) is 0 Å². The number of carbonyl (C=O) groups is 1. The number of aromatic nitrogens is 1. The molecule has 0 aliphatic rings. The summed E-state index contributed by atoms with van der Waals surface area (Å²) >= 11 is 0. The van der Waals surface area contributed by atoms with Crippen LogP contribution in [0.3, 0.4) is 0 Å². The van der Waals surface area contributed by atoms with Gasteiger partial charge in [-0.05, 0) is 63.9 Å². The summed E-state index contributed by atoms with van der Waals surface area (Å²) < 4.78 is 5.57. The summed E-state index contributed by atoms with van der Waals surface area (Å²) in [6.45, 7) is 9.97. The SMILES string of the molecule is Cc1cccc(N(Cc2ncccc2C)C(=O)OC(C)(C)C)c1. The second-order valence-corrected chi connectivity index (χ2v) is 6.67. The van der Waals surface area contributed by atoms with Gasteiger partial charge in [-0.25, -0.2) is 4.79 Å². The van der Waals surface area contributed by atoms with Crippen molar-refractivity contribution in [3.8, 4) is 0 Å². The van der Waals surface area contributed by atoms with Crippen LogP contribution < -0.4 is 4.90 Å². The second-order valence-electron chi connectivity index (χ2n) is 6.67. The molecular weight excluding hydrogens is 288 g/mol. The van der Waals surface area contributed by atoms with E-state index in [1.54, 1.807) is 11.1 Å². The van der Waals surface area contributed by atoms with E-state index in [0.29, 0.717) is 6.54 Å². The van der Waals surface area contributed by atoms with E-state index < -0.39 is 5.60 Å². The van der Waals surface area contributed by atoms with Crippen molar-refractivity contribution in [1.82, 2.24) is 4.98 Å². The predicted molar refractivity (Wildman–Crippen MR) is 92.6 cm³/mol. The lowest BCUT2D eigenvalue weighted by molar-refractivity contribution is 0.0577. The highest BCUT2D eigenvalue weighted by Crippen LogP contribution is 2.22. The lowest BCUT2D eigenvalue weighted by Gasteiger charge is -2.27. The monoisotopic (exact) mass is 312 g/mol. The lowest BCUT2D eigenvalue weighted by Crippen LogP contribution is -2.37. The van der Waals surface area contributed by atoms with Gasteiger partial charge < -0.3 is 4.74 Å². The van der Waals surface area contributed by atoms with E-state index in [-0.39, 0.29) is 6.09 Å². The fraction of sp³-hybridized carbons (Fsp3) is 0.368. The molecule has 122 valence electrons. The third-order valence-electron chi connectivity index (χ3n) is 3.35. The van der Waals surface area contributed by atoms with Gasteiger partial charge in [0.25, 0.3) is 0 Å². The highest BCUT2D eigenvalue weighted by atomic mass is 16.6. The van der Waals surface area contributed by atoms with Gasteiger partial charge in [-0.2, -0.15) is 0 Å². The number of benzene rings is 1. The van der Waals surface area contributed by atoms with Gasteiger partial charge in [0.1, 0.15) is 5.60 Å². The number of ether oxygens (including phenoxy) is 1. The maximum absolute atomic E-state index is 12.7. The van der Waals surface area contributed by atoms with Gasteiger partial charge in [0.05, 0.1) is 12.2 Å². The molecule has 1 aromatic carbocycles. The van der Waals surface area contributed by atoms with Gasteiger partial charge in [0.15, 0.2) is 0 Å². The summed E-state index contributed by atoms with van der Waals surface area (Å²) in [5.41, 5.74) is 3.27. The minimum absolute atomic E-state index is 0.367. The number of carbonyl (C=O) groups excluding carboxylic acids is 1. The molecule has 1 heterocycles. The summed E-state index contributed by atoms with van der Waals surface area (Å²) in [6, 6.07) is 11.7. The first-order valence-corrected chi connectivity index (χ1v) is 7.74. The largest absolute Gasteiger partial charge is 0.443 e. The molecule has 0 aliphatic heterocycles. The average Bonchev–Trinajstić information content (AvgIpc) is 2.44. The van der Waals surface area contributed by atoms with E-state index in [1.165, 1.54) is 0 Å². The van der Waals surface area contributed by atoms with Crippen LogP contribution in [0, 0.1) is 13.8 Å². The zero-order valence-electron chi connectivity index (χ0n) is 14.5. The first kappa shape index (κ1) is 17.0. The van der Waals surface area contributed by atoms with Gasteiger partial charge >= 0.3 is 6.09 Å². The Hall–Kier alpha value is -2.36. The number of hydrogen-bond acceptors (Lipinski definition) is 3. The number of anilines is 1. The molecule has 0 unspecified atom stereocenters. The molecule has 0 aliphatic carbocycles. The van der Waals surface area contributed by atoms with Gasteiger partial charge in [-0.15, -0.1) is 0 Å². The standard InChI is InChI=1S/C19H24N2O2/c1-14-8-6-10-16(12-14)21(18(22)23-19(3,4)5)13-17-15(2)9-7-11-20-17/h6-12H,13H2,1-5H3. The average molecular weight is 312 g/mol. The minimum atomic E-state index is -0.543. The first-order chi connectivity index (χ1) is 10.8. The zero-order valence-corrected chi connectivity index (χ0v) is 14.5. The van der Waals surface area contributed by atoms with Crippen molar-refractivity contribution in [3.05, 3.63) is 59.4 Å². The minimum Gasteiger partial charge on any atom is -0.443 e. The molecule has 1 amide bonds. The fourth-order valence-corrected chi connectivity index (χ4v) is 2.21. The number of hydrogen-bond donors (Lipinski definition) is 0. The molecule has 0 saturated heterocycles. The molecule has 0 fully saturated rings. The maximum Gasteiger partial charge on any atom is 0.415 e. The van der Waals surface area contributed by atoms with Crippen LogP contribution in [0.2, 0.25) is 0 Å². The summed E-state index contributed by atoms with van der Waals surface area (Å²) in [7, 11) is 0. The van der Waals surface area contributed by atoms with Gasteiger partial charge in [-0.1, -0.05) is 18.2 Å². The molecule has 23 heavy (non-hydrogen) atoms. The topological polar surface area (TPSA) is 42.4 Å². The molecule has 1 aromatic heterocycles. The van der Waals surface area contributed by atoms with Crippen molar-refractivity contribution in [2.45, 2.75) is 46.8 Å². The quantitative estimate of drug-likeness (QED) is 0.829. The Labute approximate surface area is 138 Å². The van der Waals surface area contributed by atoms with Crippen LogP contribution in [-0.2, 0) is 11.3 Å². The highest BCUT2D eigenvalue weighted by molar-refractivity contribution is 5.87. The maximum atomic E-state index is 12.7. The van der Waals surface area contributed by atoms with Crippen LogP contribution in [0.25, 0.3) is 0 Å². The van der Waals surface area contributed by atoms with Crippen molar-refractivity contribution in [2.24, 2.45) is 0 Å². The van der Waals surface area contributed by atoms with E-state index in [0.717, 1.165) is 22.5 Å². The first-order valence-electron chi connectivity index (χ1n) is 7.74. The molecule has 0 atom stereocenters. The van der Waals surface area contributed by atoms with E-state index in [1.807, 2.05) is 71.0 Å². The lowest BCUT2D eigenvalue weighted by atomic mass is 10.1. The van der Waals surface area contributed by atoms with Gasteiger partial charge in [0.2, 0.25) is 0 Å². The van der Waals surface area contributed by atoms with Crippen molar-refractivity contribution >= 4 is 11.8 Å². The molecule has 0 saturated carbocycles. The normalized spacial score (nSPS) is 11.2. The third-order valence-corrected chi connectivity index (χ3v) is 3.35. The number of aryl methyl sites for hydroxylation is 2. The third kappa shape index (κ3) is 4.81. The summed E-state index contributed by atoms with van der Waals surface area (Å²) in [5.74, 6) is 0. The van der Waals surface area contributed by atoms with Crippen LogP contribution in [-0.4, -0.2) is 16.7 Å². The van der Waals surface area contributed by atoms with Gasteiger partial charge in [-0.3, -0.25) is 9.88 Å². The van der Waals surface area contributed by atoms with Crippen molar-refractivity contribution < 1.29 is 9.53 Å². The highest BCUT2D eigenvalue weighted by Gasteiger charge is 2.24. The van der Waals surface area contributed by atoms with Crippen LogP contribution in [0.15, 0.2) is 42.6 Å². The summed E-state index contributed by atoms with van der Waals surface area (Å²) in [6.07, 6.45) is 1.37. The smallest absolute Gasteiger partial charge is 0.415 e. The second kappa shape index (κ2) is 6.82. The molecular formula is C19H24N2O2. The Morgan fingerprint density at radius 2 is 1.91 bits per heavy atom. The van der Waals surface area contributed by atoms with E-state index in [4.69, 9.17) is 4.74 Å². The molecule has 0 N–H and O–H groups in total. The Bertz CT molecular complexity index is 690. The number of nitrogens with zero attached hydrogens (tertiary/aromatic N) is 2. The van der Waals surface area contributed by atoms with E-state index in [2.05, 4.69) is 4.98 Å². The molecule has 0 bridgehead atoms. The Morgan fingerprint density at radius 1 is 1.17 bits per heavy atom. The van der Waals surface area contributed by atoms with Crippen LogP contribution >= 0.6 is 0 Å². The Kier molecular flexibility index (Phi) is 5.04. The predicted octanol–water partition coefficient (Wildman–Crippen LogP) is 4.64. The van der Waals surface area contributed by atoms with E-state index in [9.17, 15) is 4.79 Å². The molecule has 2 aromatic rings.